The van der Waals surface area contributed by atoms with E-state index in [1.807, 2.05) is 0 Å². The van der Waals surface area contributed by atoms with Crippen LogP contribution in [0.25, 0.3) is 11.4 Å². The number of nitrogens with zero attached hydrogens (tertiary/aromatic N) is 3. The zero-order chi connectivity index (χ0) is 10.8. The predicted molar refractivity (Wildman–Crippen MR) is 62.7 cm³/mol. The van der Waals surface area contributed by atoms with Gasteiger partial charge in [-0.2, -0.15) is 0 Å². The van der Waals surface area contributed by atoms with Crippen molar-refractivity contribution in [3.8, 4) is 11.4 Å². The number of hydrogen-bond donors (Lipinski definition) is 1. The molecule has 0 radical (unpaired) electrons. The van der Waals surface area contributed by atoms with Crippen LogP contribution in [0, 0.1) is 0 Å². The van der Waals surface area contributed by atoms with Crippen molar-refractivity contribution in [2.75, 3.05) is 31.2 Å². The van der Waals surface area contributed by atoms with Gasteiger partial charge in [0.25, 0.3) is 0 Å². The number of imidazole rings is 1. The molecule has 6 heteroatoms. The minimum atomic E-state index is 0.791. The lowest BCUT2D eigenvalue weighted by molar-refractivity contribution is 0.122. The van der Waals surface area contributed by atoms with E-state index in [-0.39, 0.29) is 0 Å². The minimum absolute atomic E-state index is 0.791. The number of nitrogens with one attached hydrogen (secondary N) is 1. The van der Waals surface area contributed by atoms with Gasteiger partial charge in [-0.05, 0) is 0 Å². The van der Waals surface area contributed by atoms with Crippen molar-refractivity contribution in [1.29, 1.82) is 0 Å². The second kappa shape index (κ2) is 4.23. The molecule has 84 valence electrons. The Morgan fingerprint density at radius 3 is 3.00 bits per heavy atom. The van der Waals surface area contributed by atoms with Crippen LogP contribution in [0.15, 0.2) is 17.9 Å². The molecule has 1 N–H and O–H groups in total. The number of anilines is 1. The molecule has 2 aromatic heterocycles. The molecule has 0 saturated carbocycles. The van der Waals surface area contributed by atoms with Gasteiger partial charge in [0.2, 0.25) is 0 Å². The van der Waals surface area contributed by atoms with Gasteiger partial charge in [0.1, 0.15) is 5.69 Å². The monoisotopic (exact) mass is 236 g/mol. The largest absolute Gasteiger partial charge is 0.378 e. The summed E-state index contributed by atoms with van der Waals surface area (Å²) in [5.41, 5.74) is 1.93. The highest BCUT2D eigenvalue weighted by molar-refractivity contribution is 7.14. The highest BCUT2D eigenvalue weighted by Crippen LogP contribution is 2.26. The van der Waals surface area contributed by atoms with E-state index >= 15 is 0 Å². The Hall–Kier alpha value is -1.40. The molecule has 3 rings (SSSR count). The van der Waals surface area contributed by atoms with E-state index in [1.54, 1.807) is 23.9 Å². The molecule has 1 fully saturated rings. The zero-order valence-corrected chi connectivity index (χ0v) is 9.54. The van der Waals surface area contributed by atoms with Gasteiger partial charge in [-0.15, -0.1) is 11.3 Å². The number of aromatic amines is 1. The van der Waals surface area contributed by atoms with Gasteiger partial charge in [-0.1, -0.05) is 0 Å². The van der Waals surface area contributed by atoms with Gasteiger partial charge in [-0.3, -0.25) is 0 Å². The van der Waals surface area contributed by atoms with Gasteiger partial charge >= 0.3 is 0 Å². The van der Waals surface area contributed by atoms with Crippen LogP contribution in [0.2, 0.25) is 0 Å². The van der Waals surface area contributed by atoms with Crippen molar-refractivity contribution in [3.63, 3.8) is 0 Å². The van der Waals surface area contributed by atoms with E-state index in [0.29, 0.717) is 0 Å². The molecule has 2 aromatic rings. The summed E-state index contributed by atoms with van der Waals surface area (Å²) in [7, 11) is 0. The first-order chi connectivity index (χ1) is 7.93. The van der Waals surface area contributed by atoms with E-state index < -0.39 is 0 Å². The Balaban J connectivity index is 1.82. The quantitative estimate of drug-likeness (QED) is 0.855. The van der Waals surface area contributed by atoms with Gasteiger partial charge < -0.3 is 14.6 Å². The lowest BCUT2D eigenvalue weighted by Crippen LogP contribution is -2.36. The Morgan fingerprint density at radius 2 is 2.25 bits per heavy atom. The van der Waals surface area contributed by atoms with Crippen LogP contribution in [-0.4, -0.2) is 41.3 Å². The summed E-state index contributed by atoms with van der Waals surface area (Å²) in [6.07, 6.45) is 3.46. The molecule has 1 aliphatic rings. The summed E-state index contributed by atoms with van der Waals surface area (Å²) in [5.74, 6) is 0. The fourth-order valence-corrected chi connectivity index (χ4v) is 2.56. The predicted octanol–water partition coefficient (Wildman–Crippen LogP) is 1.37. The summed E-state index contributed by atoms with van der Waals surface area (Å²) in [6, 6.07) is 0. The third kappa shape index (κ3) is 1.81. The van der Waals surface area contributed by atoms with Crippen LogP contribution < -0.4 is 4.90 Å². The molecular weight excluding hydrogens is 224 g/mol. The molecule has 5 nitrogen and oxygen atoms in total. The standard InChI is InChI=1S/C10H12N4OS/c1-3-15-4-2-14(1)10-13-9(6-16-10)8-5-11-7-12-8/h5-7H,1-4H2,(H,11,12). The molecule has 0 atom stereocenters. The van der Waals surface area contributed by atoms with Gasteiger partial charge in [0.15, 0.2) is 5.13 Å². The average Bonchev–Trinajstić information content (AvgIpc) is 3.01. The van der Waals surface area contributed by atoms with Gasteiger partial charge in [0.05, 0.1) is 31.4 Å². The van der Waals surface area contributed by atoms with E-state index in [9.17, 15) is 0 Å². The second-order valence-electron chi connectivity index (χ2n) is 3.58. The highest BCUT2D eigenvalue weighted by atomic mass is 32.1. The third-order valence-electron chi connectivity index (χ3n) is 2.55. The topological polar surface area (TPSA) is 54.0 Å². The number of ether oxygens (including phenoxy) is 1. The first-order valence-electron chi connectivity index (χ1n) is 5.20. The van der Waals surface area contributed by atoms with Crippen molar-refractivity contribution in [2.45, 2.75) is 0 Å². The van der Waals surface area contributed by atoms with Gasteiger partial charge in [-0.25, -0.2) is 9.97 Å². The fraction of sp³-hybridized carbons (Fsp3) is 0.400. The molecule has 0 amide bonds. The van der Waals surface area contributed by atoms with E-state index in [0.717, 1.165) is 42.8 Å². The maximum Gasteiger partial charge on any atom is 0.186 e. The van der Waals surface area contributed by atoms with Crippen LogP contribution >= 0.6 is 11.3 Å². The van der Waals surface area contributed by atoms with Crippen LogP contribution in [0.3, 0.4) is 0 Å². The molecular formula is C10H12N4OS. The van der Waals surface area contributed by atoms with E-state index in [1.165, 1.54) is 0 Å². The van der Waals surface area contributed by atoms with Gasteiger partial charge in [0, 0.05) is 18.5 Å². The Labute approximate surface area is 97.1 Å². The molecule has 0 bridgehead atoms. The first-order valence-corrected chi connectivity index (χ1v) is 6.08. The number of thiazole rings is 1. The highest BCUT2D eigenvalue weighted by Gasteiger charge is 2.15. The lowest BCUT2D eigenvalue weighted by Gasteiger charge is -2.25. The number of H-pyrrole nitrogens is 1. The van der Waals surface area contributed by atoms with Crippen LogP contribution in [0.5, 0.6) is 0 Å². The maximum absolute atomic E-state index is 5.32. The molecule has 1 saturated heterocycles. The van der Waals surface area contributed by atoms with Crippen molar-refractivity contribution in [1.82, 2.24) is 15.0 Å². The molecule has 0 aliphatic carbocycles. The van der Waals surface area contributed by atoms with E-state index in [2.05, 4.69) is 25.2 Å². The summed E-state index contributed by atoms with van der Waals surface area (Å²) in [5, 5.41) is 3.12. The third-order valence-corrected chi connectivity index (χ3v) is 3.45. The molecule has 0 unspecified atom stereocenters. The summed E-state index contributed by atoms with van der Waals surface area (Å²) >= 11 is 1.67. The smallest absolute Gasteiger partial charge is 0.186 e. The Morgan fingerprint density at radius 1 is 1.38 bits per heavy atom. The molecule has 3 heterocycles. The van der Waals surface area contributed by atoms with E-state index in [4.69, 9.17) is 4.74 Å². The lowest BCUT2D eigenvalue weighted by atomic mass is 10.4. The van der Waals surface area contributed by atoms with Crippen LogP contribution in [0.1, 0.15) is 0 Å². The normalized spacial score (nSPS) is 16.6. The fourth-order valence-electron chi connectivity index (χ4n) is 1.68. The number of hydrogen-bond acceptors (Lipinski definition) is 5. The Bertz CT molecular complexity index is 447. The molecule has 16 heavy (non-hydrogen) atoms. The SMILES string of the molecule is c1ncc(-c2csc(N3CCOCC3)n2)[nH]1. The molecule has 1 aliphatic heterocycles. The first kappa shape index (κ1) is 9.80. The van der Waals surface area contributed by atoms with Crippen molar-refractivity contribution < 1.29 is 4.74 Å². The van der Waals surface area contributed by atoms with Crippen LogP contribution in [0.4, 0.5) is 5.13 Å². The number of aromatic nitrogens is 3. The summed E-state index contributed by atoms with van der Waals surface area (Å²) in [6.45, 7) is 3.43. The number of rotatable bonds is 2. The van der Waals surface area contributed by atoms with Crippen molar-refractivity contribution >= 4 is 16.5 Å². The molecule has 0 spiro atoms. The van der Waals surface area contributed by atoms with Crippen LogP contribution in [-0.2, 0) is 4.74 Å². The maximum atomic E-state index is 5.32. The zero-order valence-electron chi connectivity index (χ0n) is 8.72. The second-order valence-corrected chi connectivity index (χ2v) is 4.42. The average molecular weight is 236 g/mol. The van der Waals surface area contributed by atoms with Crippen molar-refractivity contribution in [3.05, 3.63) is 17.9 Å². The van der Waals surface area contributed by atoms with Crippen molar-refractivity contribution in [2.24, 2.45) is 0 Å². The minimum Gasteiger partial charge on any atom is -0.378 e. The Kier molecular flexibility index (Phi) is 2.59. The molecule has 0 aromatic carbocycles. The number of morpholine rings is 1. The summed E-state index contributed by atoms with van der Waals surface area (Å²) in [4.78, 5) is 13.9. The summed E-state index contributed by atoms with van der Waals surface area (Å²) < 4.78 is 5.32.